The molecule has 4 heteroatoms. The second-order valence-corrected chi connectivity index (χ2v) is 6.15. The van der Waals surface area contributed by atoms with E-state index in [1.165, 1.54) is 22.3 Å². The van der Waals surface area contributed by atoms with Gasteiger partial charge in [0.05, 0.1) is 6.54 Å². The molecule has 2 nitrogen and oxygen atoms in total. The topological polar surface area (TPSA) is 22.0 Å². The van der Waals surface area contributed by atoms with Crippen LogP contribution in [-0.4, -0.2) is 3.96 Å². The minimum absolute atomic E-state index is 0.00292. The minimum Gasteiger partial charge on any atom is -0.268 e. The van der Waals surface area contributed by atoms with Crippen molar-refractivity contribution < 1.29 is 0 Å². The molecule has 0 aliphatic rings. The van der Waals surface area contributed by atoms with Crippen LogP contribution in [0.3, 0.4) is 0 Å². The summed E-state index contributed by atoms with van der Waals surface area (Å²) in [5.41, 5.74) is 1.74. The van der Waals surface area contributed by atoms with Gasteiger partial charge >= 0.3 is 0 Å². The van der Waals surface area contributed by atoms with Crippen molar-refractivity contribution in [2.45, 2.75) is 13.5 Å². The lowest BCUT2D eigenvalue weighted by Crippen LogP contribution is -2.15. The summed E-state index contributed by atoms with van der Waals surface area (Å²) >= 11 is 7.30. The zero-order valence-electron chi connectivity index (χ0n) is 10.4. The highest BCUT2D eigenvalue weighted by atomic mass is 35.5. The Hall–Kier alpha value is -1.58. The first-order valence-corrected chi connectivity index (χ1v) is 7.14. The molecule has 0 amide bonds. The van der Waals surface area contributed by atoms with Crippen molar-refractivity contribution in [3.05, 3.63) is 68.3 Å². The average molecular weight is 290 g/mol. The number of halogens is 1. The highest BCUT2D eigenvalue weighted by Crippen LogP contribution is 2.20. The van der Waals surface area contributed by atoms with Crippen molar-refractivity contribution >= 4 is 33.9 Å². The smallest absolute Gasteiger partial charge is 0.265 e. The van der Waals surface area contributed by atoms with E-state index in [-0.39, 0.29) is 5.56 Å². The first-order valence-electron chi connectivity index (χ1n) is 5.99. The zero-order chi connectivity index (χ0) is 13.4. The fourth-order valence-electron chi connectivity index (χ4n) is 2.08. The van der Waals surface area contributed by atoms with Crippen molar-refractivity contribution in [1.82, 2.24) is 3.96 Å². The van der Waals surface area contributed by atoms with E-state index in [1.807, 2.05) is 12.1 Å². The van der Waals surface area contributed by atoms with Crippen LogP contribution in [0.25, 0.3) is 10.8 Å². The van der Waals surface area contributed by atoms with Gasteiger partial charge in [0, 0.05) is 5.56 Å². The maximum absolute atomic E-state index is 11.9. The number of hydrogen-bond donors (Lipinski definition) is 0. The maximum atomic E-state index is 11.9. The Morgan fingerprint density at radius 2 is 1.89 bits per heavy atom. The van der Waals surface area contributed by atoms with Gasteiger partial charge in [-0.15, -0.1) is 0 Å². The fraction of sp³-hybridized carbons (Fsp3) is 0.133. The summed E-state index contributed by atoms with van der Waals surface area (Å²) in [6.45, 7) is 2.33. The van der Waals surface area contributed by atoms with Crippen LogP contribution in [0.5, 0.6) is 0 Å². The van der Waals surface area contributed by atoms with Gasteiger partial charge in [-0.2, -0.15) is 0 Å². The Morgan fingerprint density at radius 1 is 1.16 bits per heavy atom. The Balaban J connectivity index is 2.01. The molecule has 3 rings (SSSR count). The molecule has 0 unspecified atom stereocenters. The molecule has 19 heavy (non-hydrogen) atoms. The van der Waals surface area contributed by atoms with Gasteiger partial charge in [0.2, 0.25) is 0 Å². The third-order valence-electron chi connectivity index (χ3n) is 3.17. The summed E-state index contributed by atoms with van der Waals surface area (Å²) < 4.78 is 2.27. The molecule has 0 fully saturated rings. The molecule has 0 saturated carbocycles. The van der Waals surface area contributed by atoms with Gasteiger partial charge in [0.15, 0.2) is 0 Å². The van der Waals surface area contributed by atoms with Crippen LogP contribution in [0, 0.1) is 6.92 Å². The van der Waals surface area contributed by atoms with E-state index in [9.17, 15) is 4.79 Å². The summed E-state index contributed by atoms with van der Waals surface area (Å²) in [6, 6.07) is 14.4. The molecule has 0 aliphatic heterocycles. The summed E-state index contributed by atoms with van der Waals surface area (Å²) in [6.07, 6.45) is 0. The zero-order valence-corrected chi connectivity index (χ0v) is 12.0. The van der Waals surface area contributed by atoms with E-state index in [2.05, 4.69) is 30.3 Å². The van der Waals surface area contributed by atoms with E-state index in [4.69, 9.17) is 11.6 Å². The van der Waals surface area contributed by atoms with Crippen molar-refractivity contribution in [2.24, 2.45) is 0 Å². The molecule has 0 radical (unpaired) electrons. The Bertz CT molecular complexity index is 803. The van der Waals surface area contributed by atoms with E-state index in [1.54, 1.807) is 10.9 Å². The highest BCUT2D eigenvalue weighted by molar-refractivity contribution is 7.11. The van der Waals surface area contributed by atoms with Crippen LogP contribution in [-0.2, 0) is 6.54 Å². The van der Waals surface area contributed by atoms with Gasteiger partial charge in [-0.1, -0.05) is 48.0 Å². The molecule has 1 heterocycles. The van der Waals surface area contributed by atoms with Crippen LogP contribution in [0.15, 0.2) is 47.3 Å². The molecule has 2 aromatic carbocycles. The molecular weight excluding hydrogens is 278 g/mol. The van der Waals surface area contributed by atoms with Gasteiger partial charge in [-0.3, -0.25) is 8.75 Å². The molecule has 96 valence electrons. The van der Waals surface area contributed by atoms with Gasteiger partial charge < -0.3 is 0 Å². The van der Waals surface area contributed by atoms with E-state index in [0.717, 1.165) is 5.56 Å². The van der Waals surface area contributed by atoms with Crippen molar-refractivity contribution in [2.75, 3.05) is 0 Å². The average Bonchev–Trinajstić information content (AvgIpc) is 2.66. The van der Waals surface area contributed by atoms with Crippen molar-refractivity contribution in [3.8, 4) is 0 Å². The lowest BCUT2D eigenvalue weighted by atomic mass is 10.1. The van der Waals surface area contributed by atoms with Gasteiger partial charge in [0.1, 0.15) is 4.34 Å². The number of hydrogen-bond acceptors (Lipinski definition) is 2. The fourth-order valence-corrected chi connectivity index (χ4v) is 3.27. The summed E-state index contributed by atoms with van der Waals surface area (Å²) in [5, 5.41) is 2.39. The quantitative estimate of drug-likeness (QED) is 0.697. The summed E-state index contributed by atoms with van der Waals surface area (Å²) in [7, 11) is 0. The number of fused-ring (bicyclic) bond motifs is 1. The third-order valence-corrected chi connectivity index (χ3v) is 4.64. The molecule has 1 aromatic heterocycles. The van der Waals surface area contributed by atoms with Crippen LogP contribution in [0.2, 0.25) is 4.34 Å². The maximum Gasteiger partial charge on any atom is 0.265 e. The first kappa shape index (κ1) is 12.5. The molecule has 0 N–H and O–H groups in total. The van der Waals surface area contributed by atoms with Crippen LogP contribution in [0.1, 0.15) is 11.1 Å². The normalized spacial score (nSPS) is 11.1. The van der Waals surface area contributed by atoms with Crippen molar-refractivity contribution in [3.63, 3.8) is 0 Å². The molecule has 0 spiro atoms. The number of benzene rings is 2. The molecule has 0 atom stereocenters. The second-order valence-electron chi connectivity index (χ2n) is 4.51. The summed E-state index contributed by atoms with van der Waals surface area (Å²) in [5.74, 6) is 0. The van der Waals surface area contributed by atoms with Crippen LogP contribution >= 0.6 is 23.1 Å². The third kappa shape index (κ3) is 2.31. The Labute approximate surface area is 120 Å². The largest absolute Gasteiger partial charge is 0.268 e. The minimum atomic E-state index is 0.00292. The molecule has 0 aliphatic carbocycles. The predicted octanol–water partition coefficient (Wildman–Crippen LogP) is 4.07. The Kier molecular flexibility index (Phi) is 3.17. The van der Waals surface area contributed by atoms with Gasteiger partial charge in [0.25, 0.3) is 5.56 Å². The highest BCUT2D eigenvalue weighted by Gasteiger charge is 2.09. The van der Waals surface area contributed by atoms with Gasteiger partial charge in [-0.05, 0) is 40.9 Å². The monoisotopic (exact) mass is 289 g/mol. The van der Waals surface area contributed by atoms with Gasteiger partial charge in [-0.25, -0.2) is 0 Å². The molecule has 0 bridgehead atoms. The second kappa shape index (κ2) is 4.83. The van der Waals surface area contributed by atoms with Crippen LogP contribution in [0.4, 0.5) is 0 Å². The lowest BCUT2D eigenvalue weighted by molar-refractivity contribution is 0.845. The number of aromatic nitrogens is 1. The molecule has 0 saturated heterocycles. The van der Waals surface area contributed by atoms with E-state index < -0.39 is 0 Å². The first-order chi connectivity index (χ1) is 9.15. The van der Waals surface area contributed by atoms with Crippen molar-refractivity contribution in [1.29, 1.82) is 0 Å². The number of nitrogens with zero attached hydrogens (tertiary/aromatic N) is 1. The Morgan fingerprint density at radius 3 is 2.58 bits per heavy atom. The van der Waals surface area contributed by atoms with E-state index in [0.29, 0.717) is 16.4 Å². The summed E-state index contributed by atoms with van der Waals surface area (Å²) in [4.78, 5) is 11.9. The van der Waals surface area contributed by atoms with Crippen LogP contribution < -0.4 is 5.56 Å². The molecule has 3 aromatic rings. The molecular formula is C15H12ClNOS. The number of rotatable bonds is 2. The lowest BCUT2D eigenvalue weighted by Gasteiger charge is -2.03. The standard InChI is InChI=1S/C15H12ClNOS/c1-10-14(16)19-17(15(10)18)9-11-6-7-12-4-2-3-5-13(12)8-11/h2-8H,9H2,1H3. The predicted molar refractivity (Wildman–Crippen MR) is 81.4 cm³/mol. The van der Waals surface area contributed by atoms with E-state index >= 15 is 0 Å². The SMILES string of the molecule is Cc1c(Cl)sn(Cc2ccc3ccccc3c2)c1=O.